The standard InChI is InChI=1S/C20H29F2N3O2/c1-2-19(26)23-15-6-10-24(11-7-15)8-3-9-25-18-13-17(22)16(21)12-14(18)4-5-20(25)27/h12-13,15-17H,2-11H2,1H3,(H,23,26). The summed E-state index contributed by atoms with van der Waals surface area (Å²) in [5.41, 5.74) is 1.32. The van der Waals surface area contributed by atoms with Crippen LogP contribution in [0.5, 0.6) is 0 Å². The molecule has 2 amide bonds. The molecule has 5 nitrogen and oxygen atoms in total. The van der Waals surface area contributed by atoms with Crippen LogP contribution in [0.3, 0.4) is 0 Å². The van der Waals surface area contributed by atoms with Crippen molar-refractivity contribution in [3.8, 4) is 0 Å². The number of amides is 2. The van der Waals surface area contributed by atoms with E-state index in [1.807, 2.05) is 6.92 Å². The van der Waals surface area contributed by atoms with Crippen LogP contribution in [-0.2, 0) is 9.59 Å². The van der Waals surface area contributed by atoms with E-state index < -0.39 is 12.3 Å². The van der Waals surface area contributed by atoms with Crippen molar-refractivity contribution in [3.05, 3.63) is 23.4 Å². The highest BCUT2D eigenvalue weighted by molar-refractivity contribution is 5.81. The molecule has 2 fully saturated rings. The number of carbonyl (C=O) groups is 2. The first-order valence-corrected chi connectivity index (χ1v) is 10.0. The molecule has 150 valence electrons. The SMILES string of the molecule is CCC(=O)NC1CCN(CCCN2C(=O)CCC3=CC(F)C(F)C=C32)CC1. The quantitative estimate of drug-likeness (QED) is 0.769. The Hall–Kier alpha value is -1.76. The largest absolute Gasteiger partial charge is 0.353 e. The molecule has 0 bridgehead atoms. The van der Waals surface area contributed by atoms with Gasteiger partial charge in [-0.1, -0.05) is 6.92 Å². The molecule has 27 heavy (non-hydrogen) atoms. The predicted octanol–water partition coefficient (Wildman–Crippen LogP) is 2.49. The average molecular weight is 381 g/mol. The van der Waals surface area contributed by atoms with Gasteiger partial charge >= 0.3 is 0 Å². The second-order valence-electron chi connectivity index (χ2n) is 7.57. The van der Waals surface area contributed by atoms with E-state index >= 15 is 0 Å². The summed E-state index contributed by atoms with van der Waals surface area (Å²) < 4.78 is 27.3. The zero-order valence-corrected chi connectivity index (χ0v) is 15.9. The molecule has 2 saturated heterocycles. The van der Waals surface area contributed by atoms with Crippen molar-refractivity contribution in [2.75, 3.05) is 26.2 Å². The van der Waals surface area contributed by atoms with Gasteiger partial charge in [-0.2, -0.15) is 0 Å². The van der Waals surface area contributed by atoms with Gasteiger partial charge in [0.15, 0.2) is 12.3 Å². The Morgan fingerprint density at radius 3 is 2.56 bits per heavy atom. The Morgan fingerprint density at radius 1 is 1.15 bits per heavy atom. The van der Waals surface area contributed by atoms with E-state index in [2.05, 4.69) is 10.2 Å². The summed E-state index contributed by atoms with van der Waals surface area (Å²) in [6.45, 7) is 5.08. The number of allylic oxidation sites excluding steroid dienone is 3. The highest BCUT2D eigenvalue weighted by Gasteiger charge is 2.33. The summed E-state index contributed by atoms with van der Waals surface area (Å²) in [6, 6.07) is 0.257. The van der Waals surface area contributed by atoms with Crippen LogP contribution in [0.15, 0.2) is 23.4 Å². The first-order valence-electron chi connectivity index (χ1n) is 10.0. The van der Waals surface area contributed by atoms with E-state index in [0.717, 1.165) is 44.5 Å². The summed E-state index contributed by atoms with van der Waals surface area (Å²) in [6.07, 6.45) is 3.34. The molecule has 0 saturated carbocycles. The maximum Gasteiger partial charge on any atom is 0.227 e. The summed E-state index contributed by atoms with van der Waals surface area (Å²) in [5.74, 6) is 0.0901. The van der Waals surface area contributed by atoms with Gasteiger partial charge in [-0.05, 0) is 50.0 Å². The molecular weight excluding hydrogens is 352 g/mol. The maximum absolute atomic E-state index is 13.7. The number of nitrogens with one attached hydrogen (secondary N) is 1. The minimum Gasteiger partial charge on any atom is -0.353 e. The minimum atomic E-state index is -1.67. The van der Waals surface area contributed by atoms with Crippen LogP contribution in [0.25, 0.3) is 0 Å². The number of nitrogens with zero attached hydrogens (tertiary/aromatic N) is 2. The van der Waals surface area contributed by atoms with Gasteiger partial charge in [0, 0.05) is 44.2 Å². The van der Waals surface area contributed by atoms with Gasteiger partial charge in [-0.25, -0.2) is 8.78 Å². The number of fused-ring (bicyclic) bond motifs is 1. The molecule has 2 atom stereocenters. The Morgan fingerprint density at radius 2 is 1.85 bits per heavy atom. The van der Waals surface area contributed by atoms with E-state index in [9.17, 15) is 18.4 Å². The van der Waals surface area contributed by atoms with Crippen LogP contribution in [0, 0.1) is 0 Å². The van der Waals surface area contributed by atoms with Crippen LogP contribution in [0.4, 0.5) is 8.78 Å². The fraction of sp³-hybridized carbons (Fsp3) is 0.700. The Balaban J connectivity index is 1.46. The number of carbonyl (C=O) groups excluding carboxylic acids is 2. The average Bonchev–Trinajstić information content (AvgIpc) is 2.66. The van der Waals surface area contributed by atoms with Crippen molar-refractivity contribution in [2.24, 2.45) is 0 Å². The van der Waals surface area contributed by atoms with Crippen molar-refractivity contribution >= 4 is 11.8 Å². The summed E-state index contributed by atoms with van der Waals surface area (Å²) in [5, 5.41) is 3.04. The molecule has 0 aromatic rings. The van der Waals surface area contributed by atoms with Crippen molar-refractivity contribution in [1.82, 2.24) is 15.1 Å². The lowest BCUT2D eigenvalue weighted by molar-refractivity contribution is -0.130. The van der Waals surface area contributed by atoms with Gasteiger partial charge < -0.3 is 15.1 Å². The van der Waals surface area contributed by atoms with E-state index in [-0.39, 0.29) is 17.9 Å². The van der Waals surface area contributed by atoms with Gasteiger partial charge in [-0.15, -0.1) is 0 Å². The molecule has 0 aromatic heterocycles. The topological polar surface area (TPSA) is 52.7 Å². The van der Waals surface area contributed by atoms with Crippen LogP contribution < -0.4 is 5.32 Å². The summed E-state index contributed by atoms with van der Waals surface area (Å²) in [7, 11) is 0. The van der Waals surface area contributed by atoms with E-state index in [1.54, 1.807) is 4.90 Å². The van der Waals surface area contributed by atoms with Crippen molar-refractivity contribution in [1.29, 1.82) is 0 Å². The molecule has 1 aliphatic carbocycles. The third kappa shape index (κ3) is 4.94. The summed E-state index contributed by atoms with van der Waals surface area (Å²) in [4.78, 5) is 27.7. The lowest BCUT2D eigenvalue weighted by Gasteiger charge is -2.36. The lowest BCUT2D eigenvalue weighted by Crippen LogP contribution is -2.45. The molecular formula is C20H29F2N3O2. The van der Waals surface area contributed by atoms with Crippen LogP contribution >= 0.6 is 0 Å². The Bertz CT molecular complexity index is 627. The first-order chi connectivity index (χ1) is 13.0. The van der Waals surface area contributed by atoms with E-state index in [1.165, 1.54) is 12.2 Å². The van der Waals surface area contributed by atoms with Crippen molar-refractivity contribution < 1.29 is 18.4 Å². The van der Waals surface area contributed by atoms with Crippen molar-refractivity contribution in [3.63, 3.8) is 0 Å². The lowest BCUT2D eigenvalue weighted by atomic mass is 9.92. The molecule has 1 N–H and O–H groups in total. The van der Waals surface area contributed by atoms with Crippen LogP contribution in [0.2, 0.25) is 0 Å². The number of piperidine rings is 2. The van der Waals surface area contributed by atoms with Crippen LogP contribution in [-0.4, -0.2) is 66.2 Å². The fourth-order valence-electron chi connectivity index (χ4n) is 4.03. The highest BCUT2D eigenvalue weighted by atomic mass is 19.2. The number of halogens is 2. The molecule has 3 rings (SSSR count). The summed E-state index contributed by atoms with van der Waals surface area (Å²) >= 11 is 0. The molecule has 7 heteroatoms. The molecule has 0 spiro atoms. The maximum atomic E-state index is 13.7. The normalized spacial score (nSPS) is 27.1. The number of alkyl halides is 2. The van der Waals surface area contributed by atoms with E-state index in [0.29, 0.717) is 31.5 Å². The number of hydrogen-bond acceptors (Lipinski definition) is 3. The minimum absolute atomic E-state index is 0.0103. The second kappa shape index (κ2) is 8.95. The molecule has 2 heterocycles. The molecule has 0 radical (unpaired) electrons. The second-order valence-corrected chi connectivity index (χ2v) is 7.57. The molecule has 2 aliphatic heterocycles. The van der Waals surface area contributed by atoms with Gasteiger partial charge in [0.2, 0.25) is 11.8 Å². The van der Waals surface area contributed by atoms with Gasteiger partial charge in [0.05, 0.1) is 0 Å². The Kier molecular flexibility index (Phi) is 6.63. The predicted molar refractivity (Wildman–Crippen MR) is 99.4 cm³/mol. The fourth-order valence-corrected chi connectivity index (χ4v) is 4.03. The van der Waals surface area contributed by atoms with Gasteiger partial charge in [-0.3, -0.25) is 9.59 Å². The monoisotopic (exact) mass is 381 g/mol. The number of likely N-dealkylation sites (tertiary alicyclic amines) is 2. The zero-order chi connectivity index (χ0) is 19.4. The van der Waals surface area contributed by atoms with Crippen LogP contribution in [0.1, 0.15) is 45.4 Å². The Labute approximate surface area is 159 Å². The number of rotatable bonds is 6. The number of hydrogen-bond donors (Lipinski definition) is 1. The van der Waals surface area contributed by atoms with Crippen molar-refractivity contribution in [2.45, 2.75) is 63.8 Å². The first kappa shape index (κ1) is 20.0. The smallest absolute Gasteiger partial charge is 0.227 e. The molecule has 2 unspecified atom stereocenters. The third-order valence-corrected chi connectivity index (χ3v) is 5.64. The van der Waals surface area contributed by atoms with E-state index in [4.69, 9.17) is 0 Å². The zero-order valence-electron chi connectivity index (χ0n) is 15.9. The highest BCUT2D eigenvalue weighted by Crippen LogP contribution is 2.33. The van der Waals surface area contributed by atoms with Gasteiger partial charge in [0.25, 0.3) is 0 Å². The van der Waals surface area contributed by atoms with Gasteiger partial charge in [0.1, 0.15) is 0 Å². The molecule has 3 aliphatic rings. The third-order valence-electron chi connectivity index (χ3n) is 5.64. The molecule has 0 aromatic carbocycles.